The monoisotopic (exact) mass is 189 g/mol. The minimum atomic E-state index is 0.280. The Labute approximate surface area is 86.3 Å². The van der Waals surface area contributed by atoms with Crippen LogP contribution in [0.1, 0.15) is 35.6 Å². The zero-order valence-corrected chi connectivity index (χ0v) is 9.14. The van der Waals surface area contributed by atoms with Crippen molar-refractivity contribution in [3.8, 4) is 0 Å². The van der Waals surface area contributed by atoms with E-state index in [0.29, 0.717) is 0 Å². The quantitative estimate of drug-likeness (QED) is 0.759. The smallest absolute Gasteiger partial charge is 0.00510 e. The minimum Gasteiger partial charge on any atom is -0.328 e. The van der Waals surface area contributed by atoms with Gasteiger partial charge in [-0.25, -0.2) is 0 Å². The van der Waals surface area contributed by atoms with Gasteiger partial charge in [0.05, 0.1) is 0 Å². The van der Waals surface area contributed by atoms with Gasteiger partial charge in [0.1, 0.15) is 0 Å². The number of fused-ring (bicyclic) bond motifs is 1. The second-order valence-electron chi connectivity index (χ2n) is 4.53. The van der Waals surface area contributed by atoms with Crippen molar-refractivity contribution in [2.45, 2.75) is 45.6 Å². The average Bonchev–Trinajstić information content (AvgIpc) is 2.58. The van der Waals surface area contributed by atoms with Gasteiger partial charge < -0.3 is 5.73 Å². The van der Waals surface area contributed by atoms with Crippen LogP contribution in [0.4, 0.5) is 0 Å². The van der Waals surface area contributed by atoms with Crippen LogP contribution in [0.15, 0.2) is 12.1 Å². The summed E-state index contributed by atoms with van der Waals surface area (Å²) in [6.07, 6.45) is 4.89. The molecule has 1 aliphatic carbocycles. The van der Waals surface area contributed by atoms with Crippen molar-refractivity contribution in [1.82, 2.24) is 0 Å². The highest BCUT2D eigenvalue weighted by molar-refractivity contribution is 5.43. The number of nitrogens with two attached hydrogens (primary N) is 1. The lowest BCUT2D eigenvalue weighted by molar-refractivity contribution is 0.731. The predicted octanol–water partition coefficient (Wildman–Crippen LogP) is 2.37. The molecule has 0 fully saturated rings. The Bertz CT molecular complexity index is 339. The average molecular weight is 189 g/mol. The Kier molecular flexibility index (Phi) is 2.60. The van der Waals surface area contributed by atoms with E-state index in [-0.39, 0.29) is 6.04 Å². The molecular weight excluding hydrogens is 170 g/mol. The standard InChI is InChI=1S/C13H19N/c1-9-6-7-11(8-10(2)14)13-5-3-4-12(9)13/h6-7,10H,3-5,8,14H2,1-2H3. The van der Waals surface area contributed by atoms with Gasteiger partial charge in [-0.15, -0.1) is 0 Å². The van der Waals surface area contributed by atoms with Crippen LogP contribution in [0.3, 0.4) is 0 Å². The van der Waals surface area contributed by atoms with Crippen molar-refractivity contribution in [2.24, 2.45) is 5.73 Å². The van der Waals surface area contributed by atoms with E-state index in [2.05, 4.69) is 26.0 Å². The third-order valence-corrected chi connectivity index (χ3v) is 3.16. The Balaban J connectivity index is 2.38. The molecule has 1 unspecified atom stereocenters. The minimum absolute atomic E-state index is 0.280. The zero-order valence-electron chi connectivity index (χ0n) is 9.14. The fourth-order valence-electron chi connectivity index (χ4n) is 2.50. The molecule has 0 radical (unpaired) electrons. The van der Waals surface area contributed by atoms with Crippen molar-refractivity contribution in [3.05, 3.63) is 34.4 Å². The van der Waals surface area contributed by atoms with Crippen LogP contribution < -0.4 is 5.73 Å². The summed E-state index contributed by atoms with van der Waals surface area (Å²) < 4.78 is 0. The molecule has 1 atom stereocenters. The fourth-order valence-corrected chi connectivity index (χ4v) is 2.50. The summed E-state index contributed by atoms with van der Waals surface area (Å²) in [5.74, 6) is 0. The molecule has 0 aliphatic heterocycles. The maximum absolute atomic E-state index is 5.86. The molecule has 1 heteroatoms. The number of hydrogen-bond acceptors (Lipinski definition) is 1. The molecule has 0 spiro atoms. The van der Waals surface area contributed by atoms with Gasteiger partial charge in [0, 0.05) is 6.04 Å². The molecule has 1 nitrogen and oxygen atoms in total. The van der Waals surface area contributed by atoms with Crippen LogP contribution in [0.2, 0.25) is 0 Å². The maximum Gasteiger partial charge on any atom is 0.00510 e. The first-order chi connectivity index (χ1) is 6.68. The molecule has 0 aromatic heterocycles. The molecule has 0 saturated carbocycles. The summed E-state index contributed by atoms with van der Waals surface area (Å²) in [7, 11) is 0. The van der Waals surface area contributed by atoms with E-state index >= 15 is 0 Å². The summed E-state index contributed by atoms with van der Waals surface area (Å²) in [5, 5.41) is 0. The van der Waals surface area contributed by atoms with E-state index in [1.165, 1.54) is 30.4 Å². The zero-order chi connectivity index (χ0) is 10.1. The second-order valence-corrected chi connectivity index (χ2v) is 4.53. The molecular formula is C13H19N. The lowest BCUT2D eigenvalue weighted by Crippen LogP contribution is -2.18. The topological polar surface area (TPSA) is 26.0 Å². The van der Waals surface area contributed by atoms with Crippen molar-refractivity contribution in [2.75, 3.05) is 0 Å². The Morgan fingerprint density at radius 3 is 2.71 bits per heavy atom. The number of hydrogen-bond donors (Lipinski definition) is 1. The van der Waals surface area contributed by atoms with E-state index in [4.69, 9.17) is 5.73 Å². The van der Waals surface area contributed by atoms with Crippen LogP contribution in [-0.2, 0) is 19.3 Å². The van der Waals surface area contributed by atoms with E-state index in [1.807, 2.05) is 0 Å². The van der Waals surface area contributed by atoms with E-state index < -0.39 is 0 Å². The SMILES string of the molecule is Cc1ccc(CC(C)N)c2c1CCC2. The van der Waals surface area contributed by atoms with E-state index in [9.17, 15) is 0 Å². The number of benzene rings is 1. The fraction of sp³-hybridized carbons (Fsp3) is 0.538. The predicted molar refractivity (Wildman–Crippen MR) is 60.6 cm³/mol. The largest absolute Gasteiger partial charge is 0.328 e. The summed E-state index contributed by atoms with van der Waals surface area (Å²) in [6.45, 7) is 4.31. The molecule has 1 aromatic rings. The van der Waals surface area contributed by atoms with Gasteiger partial charge >= 0.3 is 0 Å². The molecule has 14 heavy (non-hydrogen) atoms. The number of rotatable bonds is 2. The lowest BCUT2D eigenvalue weighted by atomic mass is 9.95. The lowest BCUT2D eigenvalue weighted by Gasteiger charge is -2.12. The third kappa shape index (κ3) is 1.69. The second kappa shape index (κ2) is 3.74. The highest BCUT2D eigenvalue weighted by Crippen LogP contribution is 2.28. The van der Waals surface area contributed by atoms with Crippen LogP contribution in [0.5, 0.6) is 0 Å². The molecule has 0 bridgehead atoms. The Morgan fingerprint density at radius 2 is 2.00 bits per heavy atom. The van der Waals surface area contributed by atoms with Gasteiger partial charge in [-0.3, -0.25) is 0 Å². The van der Waals surface area contributed by atoms with E-state index in [0.717, 1.165) is 6.42 Å². The number of aryl methyl sites for hydroxylation is 1. The van der Waals surface area contributed by atoms with Crippen LogP contribution in [0, 0.1) is 6.92 Å². The first kappa shape index (κ1) is 9.72. The summed E-state index contributed by atoms with van der Waals surface area (Å²) in [6, 6.07) is 4.80. The van der Waals surface area contributed by atoms with Crippen molar-refractivity contribution < 1.29 is 0 Å². The van der Waals surface area contributed by atoms with Gasteiger partial charge in [0.25, 0.3) is 0 Å². The van der Waals surface area contributed by atoms with Crippen LogP contribution in [-0.4, -0.2) is 6.04 Å². The molecule has 1 aromatic carbocycles. The van der Waals surface area contributed by atoms with Crippen molar-refractivity contribution in [3.63, 3.8) is 0 Å². The van der Waals surface area contributed by atoms with Gasteiger partial charge in [-0.1, -0.05) is 12.1 Å². The molecule has 0 heterocycles. The Morgan fingerprint density at radius 1 is 1.29 bits per heavy atom. The molecule has 2 N–H and O–H groups in total. The van der Waals surface area contributed by atoms with Crippen LogP contribution >= 0.6 is 0 Å². The van der Waals surface area contributed by atoms with Gasteiger partial charge in [0.2, 0.25) is 0 Å². The first-order valence-corrected chi connectivity index (χ1v) is 5.54. The van der Waals surface area contributed by atoms with E-state index in [1.54, 1.807) is 11.1 Å². The maximum atomic E-state index is 5.86. The molecule has 0 amide bonds. The Hall–Kier alpha value is -0.820. The summed E-state index contributed by atoms with van der Waals surface area (Å²) in [4.78, 5) is 0. The van der Waals surface area contributed by atoms with Crippen molar-refractivity contribution >= 4 is 0 Å². The molecule has 76 valence electrons. The summed E-state index contributed by atoms with van der Waals surface area (Å²) in [5.41, 5.74) is 12.0. The highest BCUT2D eigenvalue weighted by atomic mass is 14.6. The van der Waals surface area contributed by atoms with Gasteiger partial charge in [-0.2, -0.15) is 0 Å². The molecule has 2 rings (SSSR count). The van der Waals surface area contributed by atoms with Gasteiger partial charge in [0.15, 0.2) is 0 Å². The summed E-state index contributed by atoms with van der Waals surface area (Å²) >= 11 is 0. The molecule has 0 saturated heterocycles. The normalized spacial score (nSPS) is 16.8. The first-order valence-electron chi connectivity index (χ1n) is 5.54. The molecule has 1 aliphatic rings. The van der Waals surface area contributed by atoms with Gasteiger partial charge in [-0.05, 0) is 61.8 Å². The van der Waals surface area contributed by atoms with Crippen molar-refractivity contribution in [1.29, 1.82) is 0 Å². The third-order valence-electron chi connectivity index (χ3n) is 3.16. The van der Waals surface area contributed by atoms with Crippen LogP contribution in [0.25, 0.3) is 0 Å². The highest BCUT2D eigenvalue weighted by Gasteiger charge is 2.16.